The van der Waals surface area contributed by atoms with Crippen molar-refractivity contribution >= 4 is 0 Å². The number of nitrogens with zero attached hydrogens (tertiary/aromatic N) is 3. The molecule has 0 spiro atoms. The lowest BCUT2D eigenvalue weighted by atomic mass is 9.78. The van der Waals surface area contributed by atoms with Crippen LogP contribution in [0.4, 0.5) is 0 Å². The van der Waals surface area contributed by atoms with Crippen molar-refractivity contribution in [3.8, 4) is 11.4 Å². The van der Waals surface area contributed by atoms with Gasteiger partial charge in [-0.1, -0.05) is 71.6 Å². The van der Waals surface area contributed by atoms with Crippen molar-refractivity contribution in [3.05, 3.63) is 42.0 Å². The molecule has 3 nitrogen and oxygen atoms in total. The van der Waals surface area contributed by atoms with Crippen LogP contribution >= 0.6 is 0 Å². The van der Waals surface area contributed by atoms with Crippen molar-refractivity contribution in [1.29, 1.82) is 0 Å². The van der Waals surface area contributed by atoms with Crippen LogP contribution in [0.1, 0.15) is 121 Å². The lowest BCUT2D eigenvalue weighted by Crippen LogP contribution is -2.14. The fourth-order valence-corrected chi connectivity index (χ4v) is 4.95. The SMILES string of the molecule is CCCCCCCc1cnc(-c2ccc(C3CCC(CCCCCC)CC3)nc2)nc1. The second-order valence-corrected chi connectivity index (χ2v) is 9.62. The first-order valence-electron chi connectivity index (χ1n) is 13.1. The molecule has 0 bridgehead atoms. The van der Waals surface area contributed by atoms with Crippen molar-refractivity contribution in [2.24, 2.45) is 5.92 Å². The zero-order valence-corrected chi connectivity index (χ0v) is 20.0. The summed E-state index contributed by atoms with van der Waals surface area (Å²) in [5.41, 5.74) is 3.54. The number of rotatable bonds is 13. The fourth-order valence-electron chi connectivity index (χ4n) is 4.95. The van der Waals surface area contributed by atoms with Gasteiger partial charge in [-0.05, 0) is 62.1 Å². The Kier molecular flexibility index (Phi) is 10.5. The van der Waals surface area contributed by atoms with Gasteiger partial charge in [-0.25, -0.2) is 9.97 Å². The quantitative estimate of drug-likeness (QED) is 0.305. The maximum Gasteiger partial charge on any atom is 0.160 e. The van der Waals surface area contributed by atoms with Gasteiger partial charge in [0.1, 0.15) is 0 Å². The van der Waals surface area contributed by atoms with Gasteiger partial charge in [0.25, 0.3) is 0 Å². The van der Waals surface area contributed by atoms with Gasteiger partial charge < -0.3 is 0 Å². The highest BCUT2D eigenvalue weighted by Gasteiger charge is 2.23. The van der Waals surface area contributed by atoms with Gasteiger partial charge in [-0.15, -0.1) is 0 Å². The van der Waals surface area contributed by atoms with Crippen LogP contribution in [0.15, 0.2) is 30.7 Å². The van der Waals surface area contributed by atoms with Crippen LogP contribution in [-0.2, 0) is 6.42 Å². The van der Waals surface area contributed by atoms with Gasteiger partial charge in [0, 0.05) is 35.8 Å². The second-order valence-electron chi connectivity index (χ2n) is 9.62. The molecule has 2 aromatic rings. The normalized spacial score (nSPS) is 18.9. The predicted molar refractivity (Wildman–Crippen MR) is 131 cm³/mol. The summed E-state index contributed by atoms with van der Waals surface area (Å²) in [4.78, 5) is 14.0. The third-order valence-corrected chi connectivity index (χ3v) is 7.05. The fraction of sp³-hybridized carbons (Fsp3) is 0.679. The highest BCUT2D eigenvalue weighted by atomic mass is 14.9. The molecule has 0 N–H and O–H groups in total. The highest BCUT2D eigenvalue weighted by Crippen LogP contribution is 2.37. The number of hydrogen-bond donors (Lipinski definition) is 0. The minimum absolute atomic E-state index is 0.636. The Labute approximate surface area is 190 Å². The van der Waals surface area contributed by atoms with E-state index in [4.69, 9.17) is 4.98 Å². The molecule has 1 aliphatic carbocycles. The monoisotopic (exact) mass is 421 g/mol. The summed E-state index contributed by atoms with van der Waals surface area (Å²) in [5, 5.41) is 0. The summed E-state index contributed by atoms with van der Waals surface area (Å²) in [6.07, 6.45) is 26.0. The van der Waals surface area contributed by atoms with Crippen LogP contribution in [0.3, 0.4) is 0 Å². The number of pyridine rings is 1. The first-order chi connectivity index (χ1) is 15.3. The van der Waals surface area contributed by atoms with Gasteiger partial charge in [-0.2, -0.15) is 0 Å². The van der Waals surface area contributed by atoms with E-state index in [2.05, 4.69) is 35.9 Å². The van der Waals surface area contributed by atoms with E-state index in [1.807, 2.05) is 18.6 Å². The third-order valence-electron chi connectivity index (χ3n) is 7.05. The molecule has 0 aromatic carbocycles. The molecule has 31 heavy (non-hydrogen) atoms. The molecule has 2 aromatic heterocycles. The van der Waals surface area contributed by atoms with E-state index in [9.17, 15) is 0 Å². The molecular formula is C28H43N3. The van der Waals surface area contributed by atoms with Crippen LogP contribution < -0.4 is 0 Å². The largest absolute Gasteiger partial charge is 0.260 e. The smallest absolute Gasteiger partial charge is 0.160 e. The van der Waals surface area contributed by atoms with Gasteiger partial charge >= 0.3 is 0 Å². The lowest BCUT2D eigenvalue weighted by Gasteiger charge is -2.28. The van der Waals surface area contributed by atoms with E-state index in [1.54, 1.807) is 0 Å². The summed E-state index contributed by atoms with van der Waals surface area (Å²) in [5.74, 6) is 2.38. The van der Waals surface area contributed by atoms with Gasteiger partial charge in [-0.3, -0.25) is 4.98 Å². The maximum absolute atomic E-state index is 4.81. The Balaban J connectivity index is 1.44. The minimum Gasteiger partial charge on any atom is -0.260 e. The molecule has 1 aliphatic rings. The van der Waals surface area contributed by atoms with Crippen LogP contribution in [-0.4, -0.2) is 15.0 Å². The third kappa shape index (κ3) is 8.01. The van der Waals surface area contributed by atoms with E-state index in [-0.39, 0.29) is 0 Å². The Morgan fingerprint density at radius 2 is 1.39 bits per heavy atom. The van der Waals surface area contributed by atoms with E-state index in [0.717, 1.165) is 23.7 Å². The van der Waals surface area contributed by atoms with Gasteiger partial charge in [0.2, 0.25) is 0 Å². The van der Waals surface area contributed by atoms with E-state index in [1.165, 1.54) is 101 Å². The number of hydrogen-bond acceptors (Lipinski definition) is 3. The topological polar surface area (TPSA) is 38.7 Å². The lowest BCUT2D eigenvalue weighted by molar-refractivity contribution is 0.299. The van der Waals surface area contributed by atoms with E-state index >= 15 is 0 Å². The maximum atomic E-state index is 4.81. The molecule has 0 radical (unpaired) electrons. The van der Waals surface area contributed by atoms with Crippen LogP contribution in [0.5, 0.6) is 0 Å². The van der Waals surface area contributed by atoms with Crippen LogP contribution in [0.2, 0.25) is 0 Å². The molecular weight excluding hydrogens is 378 g/mol. The van der Waals surface area contributed by atoms with Crippen LogP contribution in [0, 0.1) is 5.92 Å². The van der Waals surface area contributed by atoms with Crippen molar-refractivity contribution in [1.82, 2.24) is 15.0 Å². The molecule has 1 saturated carbocycles. The zero-order chi connectivity index (χ0) is 21.7. The van der Waals surface area contributed by atoms with E-state index < -0.39 is 0 Å². The molecule has 0 atom stereocenters. The summed E-state index contributed by atoms with van der Waals surface area (Å²) >= 11 is 0. The Morgan fingerprint density at radius 1 is 0.710 bits per heavy atom. The standard InChI is InChI=1S/C28H43N3/c1-3-5-7-9-11-13-24-20-30-28(31-21-24)26-18-19-27(29-22-26)25-16-14-23(15-17-25)12-10-8-6-4-2/h18-23,25H,3-17H2,1-2H3. The van der Waals surface area contributed by atoms with Crippen LogP contribution in [0.25, 0.3) is 11.4 Å². The molecule has 0 aliphatic heterocycles. The first kappa shape index (κ1) is 23.9. The average molecular weight is 422 g/mol. The summed E-state index contributed by atoms with van der Waals surface area (Å²) in [7, 11) is 0. The van der Waals surface area contributed by atoms with E-state index in [0.29, 0.717) is 5.92 Å². The summed E-state index contributed by atoms with van der Waals surface area (Å²) in [6.45, 7) is 4.55. The Bertz CT molecular complexity index is 715. The summed E-state index contributed by atoms with van der Waals surface area (Å²) in [6, 6.07) is 4.38. The minimum atomic E-state index is 0.636. The molecule has 3 heteroatoms. The van der Waals surface area contributed by atoms with Crippen molar-refractivity contribution in [2.75, 3.05) is 0 Å². The highest BCUT2D eigenvalue weighted by molar-refractivity contribution is 5.53. The van der Waals surface area contributed by atoms with Crippen molar-refractivity contribution < 1.29 is 0 Å². The first-order valence-corrected chi connectivity index (χ1v) is 13.1. The number of unbranched alkanes of at least 4 members (excludes halogenated alkanes) is 7. The zero-order valence-electron chi connectivity index (χ0n) is 20.0. The molecule has 2 heterocycles. The van der Waals surface area contributed by atoms with Crippen molar-refractivity contribution in [3.63, 3.8) is 0 Å². The van der Waals surface area contributed by atoms with Gasteiger partial charge in [0.05, 0.1) is 0 Å². The van der Waals surface area contributed by atoms with Gasteiger partial charge in [0.15, 0.2) is 5.82 Å². The summed E-state index contributed by atoms with van der Waals surface area (Å²) < 4.78 is 0. The molecule has 0 saturated heterocycles. The predicted octanol–water partition coefficient (Wildman–Crippen LogP) is 8.30. The second kappa shape index (κ2) is 13.6. The number of aromatic nitrogens is 3. The Hall–Kier alpha value is -1.77. The van der Waals surface area contributed by atoms with Crippen molar-refractivity contribution in [2.45, 2.75) is 116 Å². The molecule has 3 rings (SSSR count). The molecule has 0 amide bonds. The molecule has 0 unspecified atom stereocenters. The Morgan fingerprint density at radius 3 is 2.03 bits per heavy atom. The molecule has 170 valence electrons. The number of aryl methyl sites for hydroxylation is 1. The molecule has 1 fully saturated rings. The average Bonchev–Trinajstić information content (AvgIpc) is 2.83.